The van der Waals surface area contributed by atoms with Gasteiger partial charge in [0.05, 0.1) is 0 Å². The minimum Gasteiger partial charge on any atom is -0.349 e. The molecule has 0 bridgehead atoms. The van der Waals surface area contributed by atoms with Gasteiger partial charge in [-0.3, -0.25) is 4.79 Å². The number of carbonyl (C=O) groups is 1. The first kappa shape index (κ1) is 15.4. The molecule has 0 aromatic heterocycles. The van der Waals surface area contributed by atoms with E-state index in [1.54, 1.807) is 11.8 Å². The molecule has 0 heterocycles. The summed E-state index contributed by atoms with van der Waals surface area (Å²) in [5.41, 5.74) is 2.07. The van der Waals surface area contributed by atoms with E-state index in [1.807, 2.05) is 12.1 Å². The smallest absolute Gasteiger partial charge is 0.251 e. The van der Waals surface area contributed by atoms with Crippen molar-refractivity contribution in [1.29, 1.82) is 0 Å². The Morgan fingerprint density at radius 3 is 2.30 bits per heavy atom. The molecule has 0 unspecified atom stereocenters. The lowest BCUT2D eigenvalue weighted by Crippen LogP contribution is -2.35. The second kappa shape index (κ2) is 8.35. The van der Waals surface area contributed by atoms with Crippen LogP contribution in [-0.2, 0) is 5.75 Å². The maximum Gasteiger partial charge on any atom is 0.251 e. The highest BCUT2D eigenvalue weighted by atomic mass is 32.2. The zero-order chi connectivity index (χ0) is 14.2. The fourth-order valence-electron chi connectivity index (χ4n) is 2.79. The van der Waals surface area contributed by atoms with Gasteiger partial charge in [0.25, 0.3) is 5.91 Å². The van der Waals surface area contributed by atoms with Crippen LogP contribution in [0.4, 0.5) is 0 Å². The largest absolute Gasteiger partial charge is 0.349 e. The summed E-state index contributed by atoms with van der Waals surface area (Å²) in [6, 6.07) is 8.38. The van der Waals surface area contributed by atoms with E-state index in [4.69, 9.17) is 0 Å². The number of hydrogen-bond donors (Lipinski definition) is 1. The minimum absolute atomic E-state index is 0.0891. The second-order valence-electron chi connectivity index (χ2n) is 5.65. The third kappa shape index (κ3) is 4.86. The summed E-state index contributed by atoms with van der Waals surface area (Å²) < 4.78 is 0. The van der Waals surface area contributed by atoms with Gasteiger partial charge >= 0.3 is 0 Å². The molecule has 1 N–H and O–H groups in total. The van der Waals surface area contributed by atoms with E-state index in [0.717, 1.165) is 24.2 Å². The highest BCUT2D eigenvalue weighted by Crippen LogP contribution is 2.18. The zero-order valence-electron chi connectivity index (χ0n) is 12.4. The third-order valence-electron chi connectivity index (χ3n) is 3.97. The first-order valence-corrected chi connectivity index (χ1v) is 9.07. The van der Waals surface area contributed by atoms with Crippen molar-refractivity contribution in [2.45, 2.75) is 56.7 Å². The van der Waals surface area contributed by atoms with Gasteiger partial charge in [-0.1, -0.05) is 44.2 Å². The monoisotopic (exact) mass is 291 g/mol. The Hall–Kier alpha value is -0.960. The number of amides is 1. The molecule has 1 aliphatic carbocycles. The van der Waals surface area contributed by atoms with Crippen LogP contribution in [0.2, 0.25) is 0 Å². The van der Waals surface area contributed by atoms with E-state index in [2.05, 4.69) is 23.7 Å². The Balaban J connectivity index is 1.89. The van der Waals surface area contributed by atoms with Crippen molar-refractivity contribution in [3.63, 3.8) is 0 Å². The minimum atomic E-state index is 0.0891. The Bertz CT molecular complexity index is 408. The molecule has 0 spiro atoms. The first-order chi connectivity index (χ1) is 9.79. The number of benzene rings is 1. The van der Waals surface area contributed by atoms with E-state index in [0.29, 0.717) is 6.04 Å². The SMILES string of the molecule is CSCc1ccc(C(=O)NC2CCCCCCC2)cc1. The lowest BCUT2D eigenvalue weighted by atomic mass is 9.96. The van der Waals surface area contributed by atoms with Crippen LogP contribution in [0.1, 0.15) is 60.9 Å². The van der Waals surface area contributed by atoms with E-state index < -0.39 is 0 Å². The number of carbonyl (C=O) groups excluding carboxylic acids is 1. The molecule has 20 heavy (non-hydrogen) atoms. The normalized spacial score (nSPS) is 17.2. The van der Waals surface area contributed by atoms with E-state index in [-0.39, 0.29) is 5.91 Å². The number of hydrogen-bond acceptors (Lipinski definition) is 2. The summed E-state index contributed by atoms with van der Waals surface area (Å²) in [5.74, 6) is 1.09. The van der Waals surface area contributed by atoms with Gasteiger partial charge in [0, 0.05) is 17.4 Å². The molecule has 1 aromatic rings. The quantitative estimate of drug-likeness (QED) is 0.891. The van der Waals surface area contributed by atoms with Crippen LogP contribution in [0, 0.1) is 0 Å². The molecule has 110 valence electrons. The molecular formula is C17H25NOS. The Morgan fingerprint density at radius 2 is 1.70 bits per heavy atom. The fourth-order valence-corrected chi connectivity index (χ4v) is 3.31. The molecule has 2 nitrogen and oxygen atoms in total. The molecule has 1 fully saturated rings. The summed E-state index contributed by atoms with van der Waals surface area (Å²) in [6.45, 7) is 0. The maximum atomic E-state index is 12.3. The first-order valence-electron chi connectivity index (χ1n) is 7.68. The molecular weight excluding hydrogens is 266 g/mol. The molecule has 1 aliphatic rings. The summed E-state index contributed by atoms with van der Waals surface area (Å²) in [7, 11) is 0. The molecule has 1 aromatic carbocycles. The third-order valence-corrected chi connectivity index (χ3v) is 4.59. The molecule has 2 rings (SSSR count). The van der Waals surface area contributed by atoms with Gasteiger partial charge in [0.15, 0.2) is 0 Å². The molecule has 0 saturated heterocycles. The van der Waals surface area contributed by atoms with Gasteiger partial charge < -0.3 is 5.32 Å². The average Bonchev–Trinajstić information content (AvgIpc) is 2.43. The topological polar surface area (TPSA) is 29.1 Å². The van der Waals surface area contributed by atoms with Crippen molar-refractivity contribution in [3.8, 4) is 0 Å². The van der Waals surface area contributed by atoms with E-state index in [1.165, 1.54) is 37.7 Å². The second-order valence-corrected chi connectivity index (χ2v) is 6.51. The van der Waals surface area contributed by atoms with Crippen LogP contribution in [0.25, 0.3) is 0 Å². The summed E-state index contributed by atoms with van der Waals surface area (Å²) in [6.07, 6.45) is 10.8. The number of nitrogens with one attached hydrogen (secondary N) is 1. The Morgan fingerprint density at radius 1 is 1.10 bits per heavy atom. The molecule has 1 saturated carbocycles. The molecule has 0 atom stereocenters. The number of thioether (sulfide) groups is 1. The van der Waals surface area contributed by atoms with Crippen molar-refractivity contribution < 1.29 is 4.79 Å². The maximum absolute atomic E-state index is 12.3. The van der Waals surface area contributed by atoms with Crippen LogP contribution in [0.3, 0.4) is 0 Å². The summed E-state index contributed by atoms with van der Waals surface area (Å²) in [5, 5.41) is 3.21. The lowest BCUT2D eigenvalue weighted by Gasteiger charge is -2.21. The molecule has 1 amide bonds. The Kier molecular flexibility index (Phi) is 6.44. The van der Waals surface area contributed by atoms with Crippen molar-refractivity contribution in [2.75, 3.05) is 6.26 Å². The van der Waals surface area contributed by atoms with Crippen LogP contribution < -0.4 is 5.32 Å². The molecule has 0 aliphatic heterocycles. The van der Waals surface area contributed by atoms with Gasteiger partial charge in [0.1, 0.15) is 0 Å². The summed E-state index contributed by atoms with van der Waals surface area (Å²) in [4.78, 5) is 12.3. The lowest BCUT2D eigenvalue weighted by molar-refractivity contribution is 0.0930. The average molecular weight is 291 g/mol. The molecule has 3 heteroatoms. The number of rotatable bonds is 4. The van der Waals surface area contributed by atoms with E-state index >= 15 is 0 Å². The van der Waals surface area contributed by atoms with Crippen LogP contribution in [0.5, 0.6) is 0 Å². The summed E-state index contributed by atoms with van der Waals surface area (Å²) >= 11 is 1.80. The van der Waals surface area contributed by atoms with Gasteiger partial charge in [-0.15, -0.1) is 0 Å². The predicted molar refractivity (Wildman–Crippen MR) is 87.2 cm³/mol. The van der Waals surface area contributed by atoms with Crippen molar-refractivity contribution in [3.05, 3.63) is 35.4 Å². The van der Waals surface area contributed by atoms with Crippen molar-refractivity contribution in [1.82, 2.24) is 5.32 Å². The van der Waals surface area contributed by atoms with Crippen LogP contribution >= 0.6 is 11.8 Å². The van der Waals surface area contributed by atoms with Crippen molar-refractivity contribution >= 4 is 17.7 Å². The van der Waals surface area contributed by atoms with Crippen LogP contribution in [-0.4, -0.2) is 18.2 Å². The molecule has 0 radical (unpaired) electrons. The fraction of sp³-hybridized carbons (Fsp3) is 0.588. The van der Waals surface area contributed by atoms with E-state index in [9.17, 15) is 4.79 Å². The standard InChI is InChI=1S/C17H25NOS/c1-20-13-14-9-11-15(12-10-14)17(19)18-16-7-5-3-2-4-6-8-16/h9-12,16H,2-8,13H2,1H3,(H,18,19). The van der Waals surface area contributed by atoms with Gasteiger partial charge in [-0.2, -0.15) is 11.8 Å². The van der Waals surface area contributed by atoms with Gasteiger partial charge in [0.2, 0.25) is 0 Å². The zero-order valence-corrected chi connectivity index (χ0v) is 13.2. The highest BCUT2D eigenvalue weighted by molar-refractivity contribution is 7.97. The Labute approximate surface area is 126 Å². The van der Waals surface area contributed by atoms with Gasteiger partial charge in [-0.05, 0) is 36.8 Å². The predicted octanol–water partition coefficient (Wildman–Crippen LogP) is 4.39. The highest BCUT2D eigenvalue weighted by Gasteiger charge is 2.14. The van der Waals surface area contributed by atoms with Gasteiger partial charge in [-0.25, -0.2) is 0 Å². The van der Waals surface area contributed by atoms with Crippen LogP contribution in [0.15, 0.2) is 24.3 Å². The van der Waals surface area contributed by atoms with Crippen molar-refractivity contribution in [2.24, 2.45) is 0 Å².